The van der Waals surface area contributed by atoms with Crippen LogP contribution in [0.3, 0.4) is 0 Å². The molecule has 10 heteroatoms. The number of rotatable bonds is 4. The van der Waals surface area contributed by atoms with Gasteiger partial charge in [-0.15, -0.1) is 5.10 Å². The molecule has 1 aromatic carbocycles. The number of nitrogens with zero attached hydrogens (tertiary/aromatic N) is 6. The van der Waals surface area contributed by atoms with Gasteiger partial charge in [0, 0.05) is 0 Å². The Bertz CT molecular complexity index is 939. The zero-order valence-corrected chi connectivity index (χ0v) is 13.9. The van der Waals surface area contributed by atoms with E-state index in [4.69, 9.17) is 5.73 Å². The number of nitrogens with one attached hydrogen (secondary N) is 1. The Hall–Kier alpha value is -3.56. The molecule has 0 radical (unpaired) electrons. The number of carbonyl (C=O) groups excluding carboxylic acids is 1. The van der Waals surface area contributed by atoms with Crippen LogP contribution in [0.4, 0.5) is 5.82 Å². The molecule has 0 atom stereocenters. The third-order valence-electron chi connectivity index (χ3n) is 3.54. The fourth-order valence-electron chi connectivity index (χ4n) is 2.15. The average molecular weight is 340 g/mol. The Morgan fingerprint density at radius 3 is 2.60 bits per heavy atom. The van der Waals surface area contributed by atoms with Crippen LogP contribution in [0.15, 0.2) is 34.0 Å². The summed E-state index contributed by atoms with van der Waals surface area (Å²) in [6.07, 6.45) is 0. The molecule has 3 rings (SSSR count). The number of amides is 1. The smallest absolute Gasteiger partial charge is 0.292 e. The number of hydrogen-bond acceptors (Lipinski definition) is 8. The second-order valence-corrected chi connectivity index (χ2v) is 5.41. The topological polar surface area (TPSA) is 137 Å². The van der Waals surface area contributed by atoms with Crippen LogP contribution in [-0.2, 0) is 0 Å². The van der Waals surface area contributed by atoms with Gasteiger partial charge in [-0.3, -0.25) is 4.79 Å². The maximum Gasteiger partial charge on any atom is 0.292 e. The van der Waals surface area contributed by atoms with Crippen molar-refractivity contribution in [3.8, 4) is 5.82 Å². The van der Waals surface area contributed by atoms with E-state index in [1.165, 1.54) is 0 Å². The summed E-state index contributed by atoms with van der Waals surface area (Å²) in [7, 11) is 0. The molecule has 128 valence electrons. The summed E-state index contributed by atoms with van der Waals surface area (Å²) in [6.45, 7) is 5.44. The molecule has 3 aromatic rings. The van der Waals surface area contributed by atoms with Gasteiger partial charge in [-0.1, -0.05) is 35.0 Å². The molecule has 0 aliphatic heterocycles. The number of carbonyl (C=O) groups is 1. The molecule has 0 aliphatic rings. The Kier molecular flexibility index (Phi) is 4.25. The largest absolute Gasteiger partial charge is 0.378 e. The van der Waals surface area contributed by atoms with E-state index in [1.54, 1.807) is 13.8 Å². The van der Waals surface area contributed by atoms with E-state index in [1.807, 2.05) is 31.2 Å². The number of aryl methyl sites for hydroxylation is 2. The van der Waals surface area contributed by atoms with E-state index >= 15 is 0 Å². The highest BCUT2D eigenvalue weighted by atomic mass is 16.6. The Balaban J connectivity index is 1.85. The van der Waals surface area contributed by atoms with Crippen molar-refractivity contribution < 1.29 is 9.42 Å². The summed E-state index contributed by atoms with van der Waals surface area (Å²) in [5.41, 5.74) is 11.4. The highest BCUT2D eigenvalue weighted by molar-refractivity contribution is 6.00. The molecule has 0 saturated carbocycles. The van der Waals surface area contributed by atoms with Crippen molar-refractivity contribution in [2.75, 3.05) is 5.73 Å². The molecule has 25 heavy (non-hydrogen) atoms. The number of anilines is 1. The highest BCUT2D eigenvalue weighted by Crippen LogP contribution is 2.15. The number of nitrogen functional groups attached to an aromatic ring is 1. The minimum Gasteiger partial charge on any atom is -0.378 e. The van der Waals surface area contributed by atoms with E-state index in [9.17, 15) is 4.79 Å². The molecule has 0 fully saturated rings. The van der Waals surface area contributed by atoms with Crippen LogP contribution in [0.1, 0.15) is 34.2 Å². The summed E-state index contributed by atoms with van der Waals surface area (Å²) in [5, 5.41) is 18.9. The second-order valence-electron chi connectivity index (χ2n) is 5.41. The number of aromatic nitrogens is 5. The van der Waals surface area contributed by atoms with Crippen molar-refractivity contribution in [3.63, 3.8) is 0 Å². The molecule has 0 spiro atoms. The second kappa shape index (κ2) is 6.51. The van der Waals surface area contributed by atoms with Gasteiger partial charge in [-0.05, 0) is 36.6 Å². The first-order chi connectivity index (χ1) is 12.0. The first-order valence-electron chi connectivity index (χ1n) is 7.39. The lowest BCUT2D eigenvalue weighted by molar-refractivity contribution is 0.0946. The average Bonchev–Trinajstić information content (AvgIpc) is 3.18. The summed E-state index contributed by atoms with van der Waals surface area (Å²) < 4.78 is 5.70. The molecule has 2 aromatic heterocycles. The number of benzene rings is 1. The van der Waals surface area contributed by atoms with Crippen molar-refractivity contribution >= 4 is 17.4 Å². The van der Waals surface area contributed by atoms with Gasteiger partial charge >= 0.3 is 0 Å². The standard InChI is InChI=1S/C15H16N8O2/c1-8-4-6-11(7-5-8)9(2)17-19-15(24)12-10(3)18-22-23(12)14-13(16)20-25-21-14/h4-7H,1-3H3,(H2,16,20)(H,19,24)/b17-9-. The fraction of sp³-hybridized carbons (Fsp3) is 0.200. The SMILES string of the molecule is C/C(=N/NC(=O)c1c(C)nnn1-c1nonc1N)c1ccc(C)cc1. The van der Waals surface area contributed by atoms with Gasteiger partial charge in [0.2, 0.25) is 11.6 Å². The first-order valence-corrected chi connectivity index (χ1v) is 7.39. The van der Waals surface area contributed by atoms with Gasteiger partial charge in [0.05, 0.1) is 11.4 Å². The first kappa shape index (κ1) is 16.3. The van der Waals surface area contributed by atoms with Gasteiger partial charge in [0.1, 0.15) is 0 Å². The zero-order chi connectivity index (χ0) is 18.0. The number of nitrogens with two attached hydrogens (primary N) is 1. The van der Waals surface area contributed by atoms with Crippen molar-refractivity contribution in [2.45, 2.75) is 20.8 Å². The molecule has 2 heterocycles. The van der Waals surface area contributed by atoms with Gasteiger partial charge in [0.25, 0.3) is 5.91 Å². The summed E-state index contributed by atoms with van der Waals surface area (Å²) in [4.78, 5) is 12.5. The zero-order valence-electron chi connectivity index (χ0n) is 13.9. The van der Waals surface area contributed by atoms with Gasteiger partial charge in [-0.2, -0.15) is 9.78 Å². The van der Waals surface area contributed by atoms with E-state index in [2.05, 4.69) is 35.8 Å². The van der Waals surface area contributed by atoms with Crippen LogP contribution in [0.2, 0.25) is 0 Å². The van der Waals surface area contributed by atoms with Crippen LogP contribution in [0.25, 0.3) is 5.82 Å². The van der Waals surface area contributed by atoms with Crippen LogP contribution in [0.5, 0.6) is 0 Å². The normalized spacial score (nSPS) is 11.6. The monoisotopic (exact) mass is 340 g/mol. The molecule has 1 amide bonds. The third-order valence-corrected chi connectivity index (χ3v) is 3.54. The van der Waals surface area contributed by atoms with Crippen molar-refractivity contribution in [2.24, 2.45) is 5.10 Å². The van der Waals surface area contributed by atoms with Crippen LogP contribution >= 0.6 is 0 Å². The lowest BCUT2D eigenvalue weighted by atomic mass is 10.1. The fourth-order valence-corrected chi connectivity index (χ4v) is 2.15. The predicted octanol–water partition coefficient (Wildman–Crippen LogP) is 1.00. The molecule has 0 bridgehead atoms. The van der Waals surface area contributed by atoms with E-state index in [0.717, 1.165) is 15.8 Å². The predicted molar refractivity (Wildman–Crippen MR) is 89.2 cm³/mol. The quantitative estimate of drug-likeness (QED) is 0.534. The maximum atomic E-state index is 12.5. The molecule has 10 nitrogen and oxygen atoms in total. The third kappa shape index (κ3) is 3.22. The van der Waals surface area contributed by atoms with E-state index in [0.29, 0.717) is 11.4 Å². The van der Waals surface area contributed by atoms with E-state index in [-0.39, 0.29) is 17.3 Å². The molecule has 0 aliphatic carbocycles. The lowest BCUT2D eigenvalue weighted by Gasteiger charge is -2.05. The molecular formula is C15H16N8O2. The van der Waals surface area contributed by atoms with Gasteiger partial charge in [-0.25, -0.2) is 10.1 Å². The Labute approximate surface area is 142 Å². The van der Waals surface area contributed by atoms with Gasteiger partial charge in [0.15, 0.2) is 5.69 Å². The highest BCUT2D eigenvalue weighted by Gasteiger charge is 2.22. The van der Waals surface area contributed by atoms with Gasteiger partial charge < -0.3 is 5.73 Å². The van der Waals surface area contributed by atoms with Crippen LogP contribution < -0.4 is 11.2 Å². The van der Waals surface area contributed by atoms with Crippen molar-refractivity contribution in [1.82, 2.24) is 30.7 Å². The number of hydrazone groups is 1. The Morgan fingerprint density at radius 1 is 1.24 bits per heavy atom. The minimum absolute atomic E-state index is 0.00159. The van der Waals surface area contributed by atoms with Crippen LogP contribution in [-0.4, -0.2) is 36.9 Å². The number of hydrogen-bond donors (Lipinski definition) is 2. The van der Waals surface area contributed by atoms with Crippen LogP contribution in [0, 0.1) is 13.8 Å². The maximum absolute atomic E-state index is 12.5. The summed E-state index contributed by atoms with van der Waals surface area (Å²) >= 11 is 0. The minimum atomic E-state index is -0.503. The van der Waals surface area contributed by atoms with Crippen molar-refractivity contribution in [1.29, 1.82) is 0 Å². The molecule has 3 N–H and O–H groups in total. The molecule has 0 unspecified atom stereocenters. The molecule has 0 saturated heterocycles. The summed E-state index contributed by atoms with van der Waals surface area (Å²) in [5.74, 6) is -0.417. The molecular weight excluding hydrogens is 324 g/mol. The lowest BCUT2D eigenvalue weighted by Crippen LogP contribution is -2.24. The Morgan fingerprint density at radius 2 is 1.96 bits per heavy atom. The van der Waals surface area contributed by atoms with Crippen molar-refractivity contribution in [3.05, 3.63) is 46.8 Å². The summed E-state index contributed by atoms with van der Waals surface area (Å²) in [6, 6.07) is 7.80. The van der Waals surface area contributed by atoms with E-state index < -0.39 is 5.91 Å².